The first-order chi connectivity index (χ1) is 6.55. The van der Waals surface area contributed by atoms with Gasteiger partial charge in [0.05, 0.1) is 0 Å². The largest absolute Gasteiger partial charge is 0.295 e. The van der Waals surface area contributed by atoms with Gasteiger partial charge in [0, 0.05) is 11.5 Å². The van der Waals surface area contributed by atoms with E-state index in [4.69, 9.17) is 9.81 Å². The van der Waals surface area contributed by atoms with Crippen LogP contribution < -0.4 is 0 Å². The highest BCUT2D eigenvalue weighted by atomic mass is 32.2. The molecule has 0 bridgehead atoms. The van der Waals surface area contributed by atoms with Crippen LogP contribution in [-0.2, 0) is 10.1 Å². The molecule has 1 N–H and O–H groups in total. The zero-order valence-corrected chi connectivity index (χ0v) is 7.75. The minimum Gasteiger partial charge on any atom is -0.282 e. The molecule has 0 spiro atoms. The van der Waals surface area contributed by atoms with Gasteiger partial charge >= 0.3 is 0 Å². The Morgan fingerprint density at radius 3 is 2.50 bits per heavy atom. The summed E-state index contributed by atoms with van der Waals surface area (Å²) in [6.07, 6.45) is 0. The maximum absolute atomic E-state index is 10.8. The summed E-state index contributed by atoms with van der Waals surface area (Å²) < 4.78 is 30.4. The molecule has 0 aliphatic heterocycles. The number of rotatable bonds is 1. The number of nitriles is 1. The van der Waals surface area contributed by atoms with Gasteiger partial charge < -0.3 is 0 Å². The Hall–Kier alpha value is -1.82. The molecule has 0 saturated heterocycles. The minimum atomic E-state index is -4.28. The van der Waals surface area contributed by atoms with Gasteiger partial charge in [-0.1, -0.05) is 12.1 Å². The van der Waals surface area contributed by atoms with E-state index in [1.165, 1.54) is 18.2 Å². The van der Waals surface area contributed by atoms with Crippen molar-refractivity contribution in [2.45, 2.75) is 4.90 Å². The Morgan fingerprint density at radius 2 is 1.93 bits per heavy atom. The summed E-state index contributed by atoms with van der Waals surface area (Å²) in [6, 6.07) is 7.21. The van der Waals surface area contributed by atoms with E-state index in [2.05, 4.69) is 11.8 Å². The summed E-state index contributed by atoms with van der Waals surface area (Å²) in [6.45, 7) is 0. The van der Waals surface area contributed by atoms with Crippen molar-refractivity contribution in [2.24, 2.45) is 0 Å². The van der Waals surface area contributed by atoms with Crippen molar-refractivity contribution in [1.82, 2.24) is 0 Å². The third-order valence-electron chi connectivity index (χ3n) is 1.42. The summed E-state index contributed by atoms with van der Waals surface area (Å²) in [5.74, 6) is 4.38. The molecular weight excluding hydrogens is 202 g/mol. The first kappa shape index (κ1) is 10.3. The van der Waals surface area contributed by atoms with Gasteiger partial charge in [0.25, 0.3) is 10.1 Å². The van der Waals surface area contributed by atoms with Crippen LogP contribution in [-0.4, -0.2) is 13.0 Å². The molecule has 0 aliphatic carbocycles. The number of benzene rings is 1. The van der Waals surface area contributed by atoms with Crippen LogP contribution >= 0.6 is 0 Å². The lowest BCUT2D eigenvalue weighted by Gasteiger charge is -1.98. The molecule has 1 aromatic rings. The minimum absolute atomic E-state index is 0.108. The summed E-state index contributed by atoms with van der Waals surface area (Å²) >= 11 is 0. The second-order valence-electron chi connectivity index (χ2n) is 2.33. The Morgan fingerprint density at radius 1 is 1.29 bits per heavy atom. The molecule has 0 saturated carbocycles. The average molecular weight is 207 g/mol. The number of nitrogens with zero attached hydrogens (tertiary/aromatic N) is 1. The van der Waals surface area contributed by atoms with Crippen molar-refractivity contribution in [2.75, 3.05) is 0 Å². The normalized spacial score (nSPS) is 9.71. The first-order valence-corrected chi connectivity index (χ1v) is 4.96. The van der Waals surface area contributed by atoms with Gasteiger partial charge in [-0.2, -0.15) is 13.7 Å². The molecule has 14 heavy (non-hydrogen) atoms. The Kier molecular flexibility index (Phi) is 2.88. The Bertz CT molecular complexity index is 543. The molecule has 70 valence electrons. The predicted octanol–water partition coefficient (Wildman–Crippen LogP) is 0.808. The van der Waals surface area contributed by atoms with E-state index < -0.39 is 10.1 Å². The van der Waals surface area contributed by atoms with Gasteiger partial charge in [0.15, 0.2) is 6.07 Å². The molecule has 5 heteroatoms. The monoisotopic (exact) mass is 207 g/mol. The fraction of sp³-hybridized carbons (Fsp3) is 0. The van der Waals surface area contributed by atoms with Crippen molar-refractivity contribution in [1.29, 1.82) is 5.26 Å². The molecule has 4 nitrogen and oxygen atoms in total. The fourth-order valence-corrected chi connectivity index (χ4v) is 1.54. The van der Waals surface area contributed by atoms with Crippen LogP contribution in [0.4, 0.5) is 0 Å². The molecule has 0 amide bonds. The van der Waals surface area contributed by atoms with E-state index in [-0.39, 0.29) is 10.5 Å². The third-order valence-corrected chi connectivity index (χ3v) is 2.33. The molecule has 0 aliphatic rings. The van der Waals surface area contributed by atoms with E-state index in [0.717, 1.165) is 0 Å². The average Bonchev–Trinajstić information content (AvgIpc) is 2.14. The summed E-state index contributed by atoms with van der Waals surface area (Å²) in [5.41, 5.74) is 0.108. The Labute approximate surface area is 81.5 Å². The quantitative estimate of drug-likeness (QED) is 0.546. The first-order valence-electron chi connectivity index (χ1n) is 3.52. The zero-order chi connectivity index (χ0) is 10.6. The van der Waals surface area contributed by atoms with Crippen LogP contribution in [0.3, 0.4) is 0 Å². The van der Waals surface area contributed by atoms with Crippen molar-refractivity contribution in [3.63, 3.8) is 0 Å². The van der Waals surface area contributed by atoms with Crippen molar-refractivity contribution < 1.29 is 13.0 Å². The van der Waals surface area contributed by atoms with Crippen LogP contribution in [0.5, 0.6) is 0 Å². The highest BCUT2D eigenvalue weighted by Gasteiger charge is 2.12. The van der Waals surface area contributed by atoms with Crippen molar-refractivity contribution >= 4 is 10.1 Å². The molecular formula is C9H5NO3S. The summed E-state index contributed by atoms with van der Waals surface area (Å²) in [5, 5.41) is 8.19. The third kappa shape index (κ3) is 2.33. The van der Waals surface area contributed by atoms with Gasteiger partial charge in [0.1, 0.15) is 4.90 Å². The fourth-order valence-electron chi connectivity index (χ4n) is 0.890. The van der Waals surface area contributed by atoms with Crippen LogP contribution in [0.25, 0.3) is 0 Å². The lowest BCUT2D eigenvalue weighted by atomic mass is 10.2. The molecule has 0 aromatic heterocycles. The van der Waals surface area contributed by atoms with Crippen LogP contribution in [0, 0.1) is 23.2 Å². The lowest BCUT2D eigenvalue weighted by Crippen LogP contribution is -2.00. The lowest BCUT2D eigenvalue weighted by molar-refractivity contribution is 0.483. The smallest absolute Gasteiger partial charge is 0.282 e. The highest BCUT2D eigenvalue weighted by Crippen LogP contribution is 2.13. The molecule has 0 radical (unpaired) electrons. The molecule has 0 fully saturated rings. The number of hydrogen-bond acceptors (Lipinski definition) is 3. The molecule has 0 atom stereocenters. The van der Waals surface area contributed by atoms with Gasteiger partial charge in [-0.05, 0) is 18.1 Å². The van der Waals surface area contributed by atoms with Gasteiger partial charge in [0.2, 0.25) is 0 Å². The second-order valence-corrected chi connectivity index (χ2v) is 3.72. The summed E-state index contributed by atoms with van der Waals surface area (Å²) in [4.78, 5) is -0.289. The second kappa shape index (κ2) is 3.93. The summed E-state index contributed by atoms with van der Waals surface area (Å²) in [7, 11) is -4.28. The van der Waals surface area contributed by atoms with Crippen LogP contribution in [0.1, 0.15) is 5.56 Å². The van der Waals surface area contributed by atoms with Gasteiger partial charge in [-0.15, -0.1) is 0 Å². The number of hydrogen-bond donors (Lipinski definition) is 1. The maximum atomic E-state index is 10.8. The standard InChI is InChI=1S/C9H5NO3S/c10-7-3-5-8-4-1-2-6-9(8)14(11,12)13/h1-2,4,6H,(H,11,12,13). The molecule has 0 heterocycles. The highest BCUT2D eigenvalue weighted by molar-refractivity contribution is 7.85. The van der Waals surface area contributed by atoms with Crippen molar-refractivity contribution in [3.8, 4) is 17.9 Å². The molecule has 1 rings (SSSR count). The predicted molar refractivity (Wildman–Crippen MR) is 48.7 cm³/mol. The van der Waals surface area contributed by atoms with Crippen LogP contribution in [0.15, 0.2) is 29.2 Å². The van der Waals surface area contributed by atoms with E-state index in [9.17, 15) is 8.42 Å². The zero-order valence-electron chi connectivity index (χ0n) is 6.93. The van der Waals surface area contributed by atoms with E-state index in [1.54, 1.807) is 12.1 Å². The van der Waals surface area contributed by atoms with Gasteiger partial charge in [-0.25, -0.2) is 0 Å². The van der Waals surface area contributed by atoms with Gasteiger partial charge in [-0.3, -0.25) is 4.55 Å². The van der Waals surface area contributed by atoms with Crippen molar-refractivity contribution in [3.05, 3.63) is 29.8 Å². The SMILES string of the molecule is N#CC#Cc1ccccc1S(=O)(=O)O. The van der Waals surface area contributed by atoms with E-state index >= 15 is 0 Å². The topological polar surface area (TPSA) is 78.2 Å². The molecule has 1 aromatic carbocycles. The maximum Gasteiger partial charge on any atom is 0.295 e. The van der Waals surface area contributed by atoms with E-state index in [0.29, 0.717) is 0 Å². The Balaban J connectivity index is 3.40. The van der Waals surface area contributed by atoms with E-state index in [1.807, 2.05) is 0 Å². The molecule has 0 unspecified atom stereocenters. The van der Waals surface area contributed by atoms with Crippen LogP contribution in [0.2, 0.25) is 0 Å².